The van der Waals surface area contributed by atoms with Gasteiger partial charge < -0.3 is 10.6 Å². The molecule has 2 rings (SSSR count). The van der Waals surface area contributed by atoms with E-state index in [0.717, 1.165) is 17.9 Å². The fourth-order valence-electron chi connectivity index (χ4n) is 1.85. The lowest BCUT2D eigenvalue weighted by molar-refractivity contribution is 0.711. The first-order valence-electron chi connectivity index (χ1n) is 6.08. The lowest BCUT2D eigenvalue weighted by Gasteiger charge is -2.23. The van der Waals surface area contributed by atoms with Crippen LogP contribution in [0.2, 0.25) is 0 Å². The number of para-hydroxylation sites is 1. The molecule has 0 atom stereocenters. The number of nitrogens with two attached hydrogens (primary N) is 1. The molecule has 1 aromatic carbocycles. The molecule has 100 valence electrons. The fraction of sp³-hybridized carbons (Fsp3) is 0.308. The predicted octanol–water partition coefficient (Wildman–Crippen LogP) is 1.50. The standard InChI is InChI=1S/C13H17N5S/c1-17-9-11(15-16-17)10-18(8-7-13(14)19)12-5-3-2-4-6-12/h2-6,9H,7-8,10H2,1H3,(H2,14,19). The van der Waals surface area contributed by atoms with E-state index in [-0.39, 0.29) is 0 Å². The number of nitrogens with zero attached hydrogens (tertiary/aromatic N) is 4. The van der Waals surface area contributed by atoms with Crippen molar-refractivity contribution in [2.24, 2.45) is 12.8 Å². The SMILES string of the molecule is Cn1cc(CN(CCC(N)=S)c2ccccc2)nn1. The first-order valence-corrected chi connectivity index (χ1v) is 6.49. The zero-order chi connectivity index (χ0) is 13.7. The number of hydrogen-bond acceptors (Lipinski definition) is 4. The Balaban J connectivity index is 2.12. The van der Waals surface area contributed by atoms with E-state index < -0.39 is 0 Å². The average molecular weight is 275 g/mol. The van der Waals surface area contributed by atoms with Crippen molar-refractivity contribution >= 4 is 22.9 Å². The number of rotatable bonds is 6. The third kappa shape index (κ3) is 4.03. The first kappa shape index (κ1) is 13.5. The smallest absolute Gasteiger partial charge is 0.102 e. The summed E-state index contributed by atoms with van der Waals surface area (Å²) in [6.45, 7) is 1.47. The Morgan fingerprint density at radius 1 is 1.37 bits per heavy atom. The van der Waals surface area contributed by atoms with Crippen LogP contribution in [0.25, 0.3) is 0 Å². The zero-order valence-corrected chi connectivity index (χ0v) is 11.7. The van der Waals surface area contributed by atoms with Crippen molar-refractivity contribution < 1.29 is 0 Å². The maximum absolute atomic E-state index is 5.59. The van der Waals surface area contributed by atoms with Crippen LogP contribution in [0.3, 0.4) is 0 Å². The summed E-state index contributed by atoms with van der Waals surface area (Å²) in [4.78, 5) is 2.73. The molecule has 0 aliphatic rings. The summed E-state index contributed by atoms with van der Waals surface area (Å²) in [5, 5.41) is 8.06. The van der Waals surface area contributed by atoms with Crippen molar-refractivity contribution in [3.8, 4) is 0 Å². The molecule has 0 saturated heterocycles. The highest BCUT2D eigenvalue weighted by Crippen LogP contribution is 2.16. The Labute approximate surface area is 118 Å². The van der Waals surface area contributed by atoms with Crippen LogP contribution in [-0.2, 0) is 13.6 Å². The summed E-state index contributed by atoms with van der Waals surface area (Å²) in [6.07, 6.45) is 2.60. The second-order valence-corrected chi connectivity index (χ2v) is 4.88. The second kappa shape index (κ2) is 6.29. The number of aryl methyl sites for hydroxylation is 1. The van der Waals surface area contributed by atoms with E-state index in [2.05, 4.69) is 27.3 Å². The van der Waals surface area contributed by atoms with Crippen LogP contribution in [0.4, 0.5) is 5.69 Å². The van der Waals surface area contributed by atoms with E-state index >= 15 is 0 Å². The highest BCUT2D eigenvalue weighted by molar-refractivity contribution is 7.80. The third-order valence-corrected chi connectivity index (χ3v) is 2.96. The van der Waals surface area contributed by atoms with E-state index in [0.29, 0.717) is 18.0 Å². The Kier molecular flexibility index (Phi) is 4.46. The maximum Gasteiger partial charge on any atom is 0.102 e. The monoisotopic (exact) mass is 275 g/mol. The minimum absolute atomic E-state index is 0.528. The van der Waals surface area contributed by atoms with E-state index in [1.807, 2.05) is 31.4 Å². The molecule has 19 heavy (non-hydrogen) atoms. The van der Waals surface area contributed by atoms with Gasteiger partial charge in [-0.25, -0.2) is 0 Å². The van der Waals surface area contributed by atoms with E-state index in [1.54, 1.807) is 4.68 Å². The first-order chi connectivity index (χ1) is 9.15. The zero-order valence-electron chi connectivity index (χ0n) is 10.9. The van der Waals surface area contributed by atoms with Gasteiger partial charge in [0.25, 0.3) is 0 Å². The van der Waals surface area contributed by atoms with Gasteiger partial charge in [0.1, 0.15) is 5.69 Å². The van der Waals surface area contributed by atoms with Crippen molar-refractivity contribution in [1.82, 2.24) is 15.0 Å². The van der Waals surface area contributed by atoms with Crippen LogP contribution < -0.4 is 10.6 Å². The number of aromatic nitrogens is 3. The van der Waals surface area contributed by atoms with Gasteiger partial charge in [0.15, 0.2) is 0 Å². The largest absolute Gasteiger partial charge is 0.393 e. The number of hydrogen-bond donors (Lipinski definition) is 1. The molecule has 0 fully saturated rings. The molecule has 0 bridgehead atoms. The van der Waals surface area contributed by atoms with Crippen LogP contribution >= 0.6 is 12.2 Å². The van der Waals surface area contributed by atoms with Gasteiger partial charge in [-0.1, -0.05) is 35.6 Å². The summed E-state index contributed by atoms with van der Waals surface area (Å²) in [5.41, 5.74) is 7.64. The average Bonchev–Trinajstić information content (AvgIpc) is 2.81. The van der Waals surface area contributed by atoms with Crippen LogP contribution in [0.1, 0.15) is 12.1 Å². The molecule has 0 amide bonds. The molecule has 1 heterocycles. The number of anilines is 1. The summed E-state index contributed by atoms with van der Waals surface area (Å²) in [5.74, 6) is 0. The molecule has 2 N–H and O–H groups in total. The van der Waals surface area contributed by atoms with Crippen molar-refractivity contribution in [2.75, 3.05) is 11.4 Å². The molecular weight excluding hydrogens is 258 g/mol. The van der Waals surface area contributed by atoms with Crippen molar-refractivity contribution in [3.63, 3.8) is 0 Å². The highest BCUT2D eigenvalue weighted by Gasteiger charge is 2.09. The Morgan fingerprint density at radius 2 is 2.11 bits per heavy atom. The molecular formula is C13H17N5S. The minimum atomic E-state index is 0.528. The normalized spacial score (nSPS) is 10.4. The van der Waals surface area contributed by atoms with Crippen molar-refractivity contribution in [1.29, 1.82) is 0 Å². The van der Waals surface area contributed by atoms with E-state index in [9.17, 15) is 0 Å². The minimum Gasteiger partial charge on any atom is -0.393 e. The molecule has 0 saturated carbocycles. The van der Waals surface area contributed by atoms with Gasteiger partial charge in [-0.05, 0) is 12.1 Å². The molecule has 2 aromatic rings. The summed E-state index contributed by atoms with van der Waals surface area (Å²) < 4.78 is 1.70. The summed E-state index contributed by atoms with van der Waals surface area (Å²) in [6, 6.07) is 10.2. The van der Waals surface area contributed by atoms with Crippen LogP contribution in [0.15, 0.2) is 36.5 Å². The van der Waals surface area contributed by atoms with Crippen molar-refractivity contribution in [2.45, 2.75) is 13.0 Å². The predicted molar refractivity (Wildman–Crippen MR) is 79.9 cm³/mol. The lowest BCUT2D eigenvalue weighted by atomic mass is 10.2. The van der Waals surface area contributed by atoms with E-state index in [4.69, 9.17) is 18.0 Å². The molecule has 0 aliphatic carbocycles. The fourth-order valence-corrected chi connectivity index (χ4v) is 1.94. The second-order valence-electron chi connectivity index (χ2n) is 4.36. The molecule has 6 heteroatoms. The van der Waals surface area contributed by atoms with E-state index in [1.165, 1.54) is 0 Å². The lowest BCUT2D eigenvalue weighted by Crippen LogP contribution is -2.27. The molecule has 1 aromatic heterocycles. The molecule has 0 unspecified atom stereocenters. The van der Waals surface area contributed by atoms with Crippen LogP contribution in [-0.4, -0.2) is 26.5 Å². The highest BCUT2D eigenvalue weighted by atomic mass is 32.1. The third-order valence-electron chi connectivity index (χ3n) is 2.75. The molecule has 0 spiro atoms. The van der Waals surface area contributed by atoms with Gasteiger partial charge in [0.05, 0.1) is 11.5 Å². The van der Waals surface area contributed by atoms with Gasteiger partial charge in [0, 0.05) is 31.9 Å². The Morgan fingerprint density at radius 3 is 2.68 bits per heavy atom. The van der Waals surface area contributed by atoms with Gasteiger partial charge in [0.2, 0.25) is 0 Å². The van der Waals surface area contributed by atoms with Gasteiger partial charge in [-0.15, -0.1) is 5.10 Å². The van der Waals surface area contributed by atoms with Crippen LogP contribution in [0.5, 0.6) is 0 Å². The molecule has 0 aliphatic heterocycles. The van der Waals surface area contributed by atoms with Crippen molar-refractivity contribution in [3.05, 3.63) is 42.2 Å². The van der Waals surface area contributed by atoms with Gasteiger partial charge >= 0.3 is 0 Å². The molecule has 5 nitrogen and oxygen atoms in total. The maximum atomic E-state index is 5.59. The van der Waals surface area contributed by atoms with Gasteiger partial charge in [-0.3, -0.25) is 4.68 Å². The summed E-state index contributed by atoms with van der Waals surface area (Å²) in [7, 11) is 1.86. The van der Waals surface area contributed by atoms with Crippen LogP contribution in [0, 0.1) is 0 Å². The summed E-state index contributed by atoms with van der Waals surface area (Å²) >= 11 is 4.95. The van der Waals surface area contributed by atoms with Gasteiger partial charge in [-0.2, -0.15) is 0 Å². The topological polar surface area (TPSA) is 60.0 Å². The number of thiocarbonyl (C=S) groups is 1. The number of benzene rings is 1. The Bertz CT molecular complexity index is 537. The Hall–Kier alpha value is -1.95. The quantitative estimate of drug-likeness (QED) is 0.810. The molecule has 0 radical (unpaired) electrons.